The summed E-state index contributed by atoms with van der Waals surface area (Å²) < 4.78 is 5.55. The molecule has 1 N–H and O–H groups in total. The summed E-state index contributed by atoms with van der Waals surface area (Å²) in [7, 11) is 1.77. The number of likely N-dealkylation sites (tertiary alicyclic amines) is 1. The third-order valence-corrected chi connectivity index (χ3v) is 4.30. The number of nitrogens with zero attached hydrogens (tertiary/aromatic N) is 1. The fourth-order valence-electron chi connectivity index (χ4n) is 3.26. The van der Waals surface area contributed by atoms with Crippen molar-refractivity contribution in [3.05, 3.63) is 29.3 Å². The van der Waals surface area contributed by atoms with Crippen molar-refractivity contribution in [1.29, 1.82) is 0 Å². The van der Waals surface area contributed by atoms with Gasteiger partial charge in [0.1, 0.15) is 5.75 Å². The maximum atomic E-state index is 5.55. The lowest BCUT2D eigenvalue weighted by atomic mass is 9.84. The second-order valence-electron chi connectivity index (χ2n) is 6.90. The van der Waals surface area contributed by atoms with Crippen molar-refractivity contribution in [2.45, 2.75) is 46.7 Å². The lowest BCUT2D eigenvalue weighted by molar-refractivity contribution is 0.111. The van der Waals surface area contributed by atoms with E-state index in [0.717, 1.165) is 25.4 Å². The first kappa shape index (κ1) is 16.3. The standard InChI is InChI=1S/C18H30N2O/c1-5-19-12-15-7-8-17(21-4)16(11-15)13-20-10-6-9-18(2,3)14-20/h7-8,11,19H,5-6,9-10,12-14H2,1-4H3. The Balaban J connectivity index is 2.09. The van der Waals surface area contributed by atoms with E-state index in [1.54, 1.807) is 7.11 Å². The van der Waals surface area contributed by atoms with Gasteiger partial charge in [-0.15, -0.1) is 0 Å². The zero-order valence-electron chi connectivity index (χ0n) is 14.0. The largest absolute Gasteiger partial charge is 0.496 e. The van der Waals surface area contributed by atoms with E-state index in [1.807, 2.05) is 0 Å². The molecule has 118 valence electrons. The van der Waals surface area contributed by atoms with Crippen LogP contribution < -0.4 is 10.1 Å². The minimum atomic E-state index is 0.437. The van der Waals surface area contributed by atoms with Gasteiger partial charge in [0.15, 0.2) is 0 Å². The number of piperidine rings is 1. The molecule has 3 heteroatoms. The van der Waals surface area contributed by atoms with E-state index in [4.69, 9.17) is 4.74 Å². The van der Waals surface area contributed by atoms with Crippen molar-refractivity contribution in [1.82, 2.24) is 10.2 Å². The van der Waals surface area contributed by atoms with Crippen molar-refractivity contribution in [3.8, 4) is 5.75 Å². The Hall–Kier alpha value is -1.06. The average molecular weight is 290 g/mol. The quantitative estimate of drug-likeness (QED) is 0.869. The fourth-order valence-corrected chi connectivity index (χ4v) is 3.26. The van der Waals surface area contributed by atoms with Crippen LogP contribution in [0, 0.1) is 5.41 Å². The zero-order valence-corrected chi connectivity index (χ0v) is 14.0. The predicted octanol–water partition coefficient (Wildman–Crippen LogP) is 3.43. The van der Waals surface area contributed by atoms with Crippen LogP contribution in [0.15, 0.2) is 18.2 Å². The molecule has 1 heterocycles. The highest BCUT2D eigenvalue weighted by Gasteiger charge is 2.26. The number of benzene rings is 1. The molecule has 1 aromatic rings. The molecular formula is C18H30N2O. The summed E-state index contributed by atoms with van der Waals surface area (Å²) in [5, 5.41) is 3.39. The SMILES string of the molecule is CCNCc1ccc(OC)c(CN2CCCC(C)(C)C2)c1. The van der Waals surface area contributed by atoms with E-state index < -0.39 is 0 Å². The van der Waals surface area contributed by atoms with E-state index in [1.165, 1.54) is 37.1 Å². The van der Waals surface area contributed by atoms with Gasteiger partial charge >= 0.3 is 0 Å². The lowest BCUT2D eigenvalue weighted by Crippen LogP contribution is -2.39. The van der Waals surface area contributed by atoms with E-state index in [-0.39, 0.29) is 0 Å². The normalized spacial score (nSPS) is 18.7. The summed E-state index contributed by atoms with van der Waals surface area (Å²) >= 11 is 0. The molecule has 0 bridgehead atoms. The van der Waals surface area contributed by atoms with E-state index in [0.29, 0.717) is 5.41 Å². The second kappa shape index (κ2) is 7.28. The third kappa shape index (κ3) is 4.72. The van der Waals surface area contributed by atoms with Crippen molar-refractivity contribution in [2.75, 3.05) is 26.7 Å². The number of nitrogens with one attached hydrogen (secondary N) is 1. The molecule has 0 radical (unpaired) electrons. The molecule has 0 unspecified atom stereocenters. The number of hydrogen-bond acceptors (Lipinski definition) is 3. The molecule has 2 rings (SSSR count). The Kier molecular flexibility index (Phi) is 5.65. The van der Waals surface area contributed by atoms with Crippen LogP contribution in [-0.4, -0.2) is 31.6 Å². The molecule has 1 aliphatic rings. The highest BCUT2D eigenvalue weighted by molar-refractivity contribution is 5.37. The molecule has 1 saturated heterocycles. The topological polar surface area (TPSA) is 24.5 Å². The molecule has 0 saturated carbocycles. The number of ether oxygens (including phenoxy) is 1. The van der Waals surface area contributed by atoms with Crippen LogP contribution in [0.2, 0.25) is 0 Å². The van der Waals surface area contributed by atoms with Crippen LogP contribution in [0.4, 0.5) is 0 Å². The van der Waals surface area contributed by atoms with Crippen LogP contribution in [0.25, 0.3) is 0 Å². The smallest absolute Gasteiger partial charge is 0.123 e. The Bertz CT molecular complexity index is 457. The zero-order chi connectivity index (χ0) is 15.3. The van der Waals surface area contributed by atoms with Gasteiger partial charge in [-0.05, 0) is 49.0 Å². The molecule has 1 fully saturated rings. The van der Waals surface area contributed by atoms with Gasteiger partial charge in [-0.25, -0.2) is 0 Å². The molecule has 0 atom stereocenters. The van der Waals surface area contributed by atoms with Crippen molar-refractivity contribution in [3.63, 3.8) is 0 Å². The van der Waals surface area contributed by atoms with Gasteiger partial charge in [-0.1, -0.05) is 26.8 Å². The Morgan fingerprint density at radius 2 is 2.14 bits per heavy atom. The number of rotatable bonds is 6. The maximum Gasteiger partial charge on any atom is 0.123 e. The molecule has 0 spiro atoms. The van der Waals surface area contributed by atoms with Crippen LogP contribution in [-0.2, 0) is 13.1 Å². The third-order valence-electron chi connectivity index (χ3n) is 4.30. The molecule has 1 aliphatic heterocycles. The van der Waals surface area contributed by atoms with E-state index in [9.17, 15) is 0 Å². The van der Waals surface area contributed by atoms with Gasteiger partial charge < -0.3 is 10.1 Å². The first-order valence-electron chi connectivity index (χ1n) is 8.13. The summed E-state index contributed by atoms with van der Waals surface area (Å²) in [6.07, 6.45) is 2.63. The molecule has 0 aromatic heterocycles. The van der Waals surface area contributed by atoms with Crippen LogP contribution in [0.3, 0.4) is 0 Å². The van der Waals surface area contributed by atoms with Crippen molar-refractivity contribution in [2.24, 2.45) is 5.41 Å². The van der Waals surface area contributed by atoms with E-state index in [2.05, 4.69) is 49.2 Å². The summed E-state index contributed by atoms with van der Waals surface area (Å²) in [5.41, 5.74) is 3.09. The summed E-state index contributed by atoms with van der Waals surface area (Å²) in [6, 6.07) is 6.56. The first-order chi connectivity index (χ1) is 10.0. The summed E-state index contributed by atoms with van der Waals surface area (Å²) in [4.78, 5) is 2.57. The predicted molar refractivity (Wildman–Crippen MR) is 88.7 cm³/mol. The highest BCUT2D eigenvalue weighted by atomic mass is 16.5. The monoisotopic (exact) mass is 290 g/mol. The van der Waals surface area contributed by atoms with E-state index >= 15 is 0 Å². The van der Waals surface area contributed by atoms with Crippen molar-refractivity contribution >= 4 is 0 Å². The van der Waals surface area contributed by atoms with Crippen LogP contribution >= 0.6 is 0 Å². The molecule has 0 aliphatic carbocycles. The van der Waals surface area contributed by atoms with Gasteiger partial charge in [0.05, 0.1) is 7.11 Å². The first-order valence-corrected chi connectivity index (χ1v) is 8.13. The van der Waals surface area contributed by atoms with Gasteiger partial charge in [-0.2, -0.15) is 0 Å². The fraction of sp³-hybridized carbons (Fsp3) is 0.667. The highest BCUT2D eigenvalue weighted by Crippen LogP contribution is 2.30. The van der Waals surface area contributed by atoms with Crippen molar-refractivity contribution < 1.29 is 4.74 Å². The Labute approximate surface area is 129 Å². The average Bonchev–Trinajstić information content (AvgIpc) is 2.44. The Morgan fingerprint density at radius 1 is 1.33 bits per heavy atom. The van der Waals surface area contributed by atoms with Crippen LogP contribution in [0.5, 0.6) is 5.75 Å². The summed E-state index contributed by atoms with van der Waals surface area (Å²) in [6.45, 7) is 12.2. The molecule has 0 amide bonds. The van der Waals surface area contributed by atoms with Gasteiger partial charge in [-0.3, -0.25) is 4.90 Å². The van der Waals surface area contributed by atoms with Gasteiger partial charge in [0.25, 0.3) is 0 Å². The van der Waals surface area contributed by atoms with Gasteiger partial charge in [0.2, 0.25) is 0 Å². The lowest BCUT2D eigenvalue weighted by Gasteiger charge is -2.38. The van der Waals surface area contributed by atoms with Crippen LogP contribution in [0.1, 0.15) is 44.7 Å². The van der Waals surface area contributed by atoms with Gasteiger partial charge in [0, 0.05) is 25.2 Å². The molecular weight excluding hydrogens is 260 g/mol. The molecule has 3 nitrogen and oxygen atoms in total. The maximum absolute atomic E-state index is 5.55. The summed E-state index contributed by atoms with van der Waals surface area (Å²) in [5.74, 6) is 1.01. The minimum Gasteiger partial charge on any atom is -0.496 e. The molecule has 21 heavy (non-hydrogen) atoms. The second-order valence-corrected chi connectivity index (χ2v) is 6.90. The number of methoxy groups -OCH3 is 1. The Morgan fingerprint density at radius 3 is 2.81 bits per heavy atom. The minimum absolute atomic E-state index is 0.437. The number of hydrogen-bond donors (Lipinski definition) is 1. The molecule has 1 aromatic carbocycles.